The molecule has 0 saturated heterocycles. The van der Waals surface area contributed by atoms with Gasteiger partial charge in [-0.1, -0.05) is 13.8 Å². The van der Waals surface area contributed by atoms with Crippen molar-refractivity contribution in [2.45, 2.75) is 32.9 Å². The SMILES string of the molecule is CC(C)C(C)OC(=O)[C@H](N)CS. The molecule has 0 aliphatic heterocycles. The van der Waals surface area contributed by atoms with Crippen LogP contribution >= 0.6 is 12.6 Å². The lowest BCUT2D eigenvalue weighted by Crippen LogP contribution is -2.36. The van der Waals surface area contributed by atoms with Gasteiger partial charge in [-0.15, -0.1) is 0 Å². The number of nitrogens with two attached hydrogens (primary N) is 1. The fourth-order valence-corrected chi connectivity index (χ4v) is 0.630. The number of thiol groups is 1. The summed E-state index contributed by atoms with van der Waals surface area (Å²) in [6, 6.07) is -0.602. The van der Waals surface area contributed by atoms with Crippen LogP contribution in [-0.2, 0) is 9.53 Å². The lowest BCUT2D eigenvalue weighted by molar-refractivity contribution is -0.151. The maximum absolute atomic E-state index is 11.1. The fourth-order valence-electron chi connectivity index (χ4n) is 0.481. The Labute approximate surface area is 79.1 Å². The summed E-state index contributed by atoms with van der Waals surface area (Å²) in [5, 5.41) is 0. The Morgan fingerprint density at radius 3 is 2.33 bits per heavy atom. The highest BCUT2D eigenvalue weighted by Crippen LogP contribution is 2.06. The van der Waals surface area contributed by atoms with E-state index in [0.29, 0.717) is 11.7 Å². The average molecular weight is 191 g/mol. The van der Waals surface area contributed by atoms with Crippen molar-refractivity contribution in [1.29, 1.82) is 0 Å². The lowest BCUT2D eigenvalue weighted by atomic mass is 10.1. The number of rotatable bonds is 4. The Morgan fingerprint density at radius 2 is 2.00 bits per heavy atom. The van der Waals surface area contributed by atoms with Gasteiger partial charge in [0.1, 0.15) is 12.1 Å². The number of carbonyl (C=O) groups excluding carboxylic acids is 1. The fraction of sp³-hybridized carbons (Fsp3) is 0.875. The highest BCUT2D eigenvalue weighted by atomic mass is 32.1. The molecule has 2 N–H and O–H groups in total. The Morgan fingerprint density at radius 1 is 1.50 bits per heavy atom. The van der Waals surface area contributed by atoms with Gasteiger partial charge in [-0.25, -0.2) is 0 Å². The van der Waals surface area contributed by atoms with E-state index < -0.39 is 6.04 Å². The number of carbonyl (C=O) groups is 1. The van der Waals surface area contributed by atoms with E-state index in [9.17, 15) is 4.79 Å². The van der Waals surface area contributed by atoms with Gasteiger partial charge in [0.25, 0.3) is 0 Å². The van der Waals surface area contributed by atoms with Crippen LogP contribution in [0.4, 0.5) is 0 Å². The minimum Gasteiger partial charge on any atom is -0.461 e. The van der Waals surface area contributed by atoms with Crippen LogP contribution in [0.25, 0.3) is 0 Å². The molecule has 0 radical (unpaired) electrons. The minimum atomic E-state index is -0.602. The zero-order chi connectivity index (χ0) is 9.72. The molecule has 0 aromatic heterocycles. The van der Waals surface area contributed by atoms with E-state index in [1.807, 2.05) is 20.8 Å². The van der Waals surface area contributed by atoms with Gasteiger partial charge in [0, 0.05) is 5.75 Å². The quantitative estimate of drug-likeness (QED) is 0.511. The van der Waals surface area contributed by atoms with Crippen LogP contribution in [0.3, 0.4) is 0 Å². The Bertz CT molecular complexity index is 150. The number of hydrogen-bond donors (Lipinski definition) is 2. The first-order valence-corrected chi connectivity index (χ1v) is 4.69. The summed E-state index contributed by atoms with van der Waals surface area (Å²) in [6.07, 6.45) is -0.0802. The van der Waals surface area contributed by atoms with E-state index in [-0.39, 0.29) is 12.1 Å². The molecule has 72 valence electrons. The number of hydrogen-bond acceptors (Lipinski definition) is 4. The molecule has 4 heteroatoms. The van der Waals surface area contributed by atoms with Crippen molar-refractivity contribution in [3.05, 3.63) is 0 Å². The molecular formula is C8H17NO2S. The minimum absolute atomic E-state index is 0.0802. The maximum atomic E-state index is 11.1. The third kappa shape index (κ3) is 3.97. The third-order valence-electron chi connectivity index (χ3n) is 1.74. The summed E-state index contributed by atoms with van der Waals surface area (Å²) in [6.45, 7) is 5.84. The Balaban J connectivity index is 3.84. The predicted octanol–water partition coefficient (Wildman–Crippen LogP) is 0.831. The second-order valence-electron chi connectivity index (χ2n) is 3.18. The van der Waals surface area contributed by atoms with Gasteiger partial charge in [-0.05, 0) is 12.8 Å². The molecule has 0 aromatic carbocycles. The maximum Gasteiger partial charge on any atom is 0.324 e. The first-order valence-electron chi connectivity index (χ1n) is 4.06. The molecule has 0 fully saturated rings. The molecule has 0 rings (SSSR count). The van der Waals surface area contributed by atoms with E-state index in [0.717, 1.165) is 0 Å². The van der Waals surface area contributed by atoms with Gasteiger partial charge in [0.05, 0.1) is 0 Å². The lowest BCUT2D eigenvalue weighted by Gasteiger charge is -2.18. The van der Waals surface area contributed by atoms with E-state index in [1.54, 1.807) is 0 Å². The second kappa shape index (κ2) is 5.43. The van der Waals surface area contributed by atoms with Gasteiger partial charge in [-0.2, -0.15) is 12.6 Å². The summed E-state index contributed by atoms with van der Waals surface area (Å²) in [5.74, 6) is 0.274. The molecule has 0 aliphatic carbocycles. The van der Waals surface area contributed by atoms with E-state index in [1.165, 1.54) is 0 Å². The number of esters is 1. The molecule has 0 amide bonds. The Hall–Kier alpha value is -0.220. The smallest absolute Gasteiger partial charge is 0.324 e. The topological polar surface area (TPSA) is 52.3 Å². The average Bonchev–Trinajstić information content (AvgIpc) is 2.02. The molecule has 12 heavy (non-hydrogen) atoms. The molecule has 1 unspecified atom stereocenters. The van der Waals surface area contributed by atoms with E-state index in [4.69, 9.17) is 10.5 Å². The molecule has 2 atom stereocenters. The number of ether oxygens (including phenoxy) is 1. The van der Waals surface area contributed by atoms with Crippen molar-refractivity contribution in [3.63, 3.8) is 0 Å². The van der Waals surface area contributed by atoms with Crippen LogP contribution in [0.2, 0.25) is 0 Å². The van der Waals surface area contributed by atoms with Crippen LogP contribution in [0.1, 0.15) is 20.8 Å². The summed E-state index contributed by atoms with van der Waals surface area (Å²) < 4.78 is 5.05. The highest BCUT2D eigenvalue weighted by molar-refractivity contribution is 7.80. The Kier molecular flexibility index (Phi) is 5.33. The van der Waals surface area contributed by atoms with Gasteiger partial charge in [0.15, 0.2) is 0 Å². The highest BCUT2D eigenvalue weighted by Gasteiger charge is 2.17. The van der Waals surface area contributed by atoms with Crippen molar-refractivity contribution < 1.29 is 9.53 Å². The van der Waals surface area contributed by atoms with Crippen molar-refractivity contribution in [2.24, 2.45) is 11.7 Å². The largest absolute Gasteiger partial charge is 0.461 e. The van der Waals surface area contributed by atoms with Crippen LogP contribution in [-0.4, -0.2) is 23.9 Å². The summed E-state index contributed by atoms with van der Waals surface area (Å²) in [5.41, 5.74) is 5.41. The zero-order valence-corrected chi connectivity index (χ0v) is 8.67. The molecular weight excluding hydrogens is 174 g/mol. The van der Waals surface area contributed by atoms with Crippen molar-refractivity contribution in [3.8, 4) is 0 Å². The normalized spacial score (nSPS) is 15.8. The predicted molar refractivity (Wildman–Crippen MR) is 52.2 cm³/mol. The van der Waals surface area contributed by atoms with Crippen molar-refractivity contribution in [1.82, 2.24) is 0 Å². The first-order chi connectivity index (χ1) is 5.49. The van der Waals surface area contributed by atoms with Crippen molar-refractivity contribution >= 4 is 18.6 Å². The zero-order valence-electron chi connectivity index (χ0n) is 7.78. The van der Waals surface area contributed by atoms with Crippen LogP contribution in [0.15, 0.2) is 0 Å². The van der Waals surface area contributed by atoms with Crippen molar-refractivity contribution in [2.75, 3.05) is 5.75 Å². The van der Waals surface area contributed by atoms with E-state index >= 15 is 0 Å². The molecule has 3 nitrogen and oxygen atoms in total. The molecule has 0 spiro atoms. The summed E-state index contributed by atoms with van der Waals surface area (Å²) in [4.78, 5) is 11.1. The third-order valence-corrected chi connectivity index (χ3v) is 2.13. The van der Waals surface area contributed by atoms with Gasteiger partial charge in [0.2, 0.25) is 0 Å². The van der Waals surface area contributed by atoms with Gasteiger partial charge < -0.3 is 10.5 Å². The molecule has 0 heterocycles. The van der Waals surface area contributed by atoms with Crippen LogP contribution < -0.4 is 5.73 Å². The monoisotopic (exact) mass is 191 g/mol. The van der Waals surface area contributed by atoms with Crippen LogP contribution in [0, 0.1) is 5.92 Å². The molecule has 0 aliphatic rings. The van der Waals surface area contributed by atoms with Crippen LogP contribution in [0.5, 0.6) is 0 Å². The van der Waals surface area contributed by atoms with Gasteiger partial charge >= 0.3 is 5.97 Å². The standard InChI is InChI=1S/C8H17NO2S/c1-5(2)6(3)11-8(10)7(9)4-12/h5-7,12H,4,9H2,1-3H3/t6?,7-/m1/s1. The van der Waals surface area contributed by atoms with Gasteiger partial charge in [-0.3, -0.25) is 4.79 Å². The summed E-state index contributed by atoms with van der Waals surface area (Å²) in [7, 11) is 0. The van der Waals surface area contributed by atoms with E-state index in [2.05, 4.69) is 12.6 Å². The molecule has 0 aromatic rings. The first kappa shape index (κ1) is 11.8. The second-order valence-corrected chi connectivity index (χ2v) is 3.54. The summed E-state index contributed by atoms with van der Waals surface area (Å²) >= 11 is 3.90. The molecule has 0 bridgehead atoms. The molecule has 0 saturated carbocycles.